The predicted octanol–water partition coefficient (Wildman–Crippen LogP) is 4.19. The zero-order valence-electron chi connectivity index (χ0n) is 12.3. The summed E-state index contributed by atoms with van der Waals surface area (Å²) in [5, 5.41) is 10.4. The fourth-order valence-electron chi connectivity index (χ4n) is 2.21. The molecule has 0 aliphatic rings. The monoisotopic (exact) mass is 303 g/mol. The molecule has 0 saturated heterocycles. The molecule has 0 aliphatic carbocycles. The van der Waals surface area contributed by atoms with Crippen LogP contribution in [0.2, 0.25) is 5.02 Å². The Balaban J connectivity index is 2.29. The van der Waals surface area contributed by atoms with E-state index >= 15 is 0 Å². The maximum Gasteiger partial charge on any atom is 0.254 e. The van der Waals surface area contributed by atoms with Gasteiger partial charge in [-0.05, 0) is 43.7 Å². The van der Waals surface area contributed by atoms with Crippen LogP contribution in [0.25, 0.3) is 0 Å². The number of amides is 1. The molecule has 2 rings (SSSR count). The Bertz CT molecular complexity index is 670. The molecular weight excluding hydrogens is 286 g/mol. The lowest BCUT2D eigenvalue weighted by molar-refractivity contribution is 0.0741. The third-order valence-electron chi connectivity index (χ3n) is 3.77. The van der Waals surface area contributed by atoms with E-state index in [1.165, 1.54) is 0 Å². The number of rotatable bonds is 3. The van der Waals surface area contributed by atoms with Crippen molar-refractivity contribution in [3.05, 3.63) is 64.2 Å². The van der Waals surface area contributed by atoms with Crippen molar-refractivity contribution >= 4 is 17.5 Å². The number of carbonyl (C=O) groups is 1. The fourth-order valence-corrected chi connectivity index (χ4v) is 2.41. The zero-order valence-corrected chi connectivity index (χ0v) is 13.1. The Labute approximate surface area is 129 Å². The standard InChI is InChI=1S/C17H18ClNO2/c1-11-15(8-5-9-16(11)20)17(21)19(3)12(2)13-6-4-7-14(18)10-13/h4-10,12,20H,1-3H3. The second-order valence-electron chi connectivity index (χ2n) is 5.10. The average Bonchev–Trinajstić information content (AvgIpc) is 2.48. The lowest BCUT2D eigenvalue weighted by Crippen LogP contribution is -2.30. The predicted molar refractivity (Wildman–Crippen MR) is 84.8 cm³/mol. The first kappa shape index (κ1) is 15.4. The van der Waals surface area contributed by atoms with Gasteiger partial charge in [0, 0.05) is 23.2 Å². The van der Waals surface area contributed by atoms with Crippen molar-refractivity contribution in [1.82, 2.24) is 4.90 Å². The molecule has 2 aromatic carbocycles. The molecule has 1 unspecified atom stereocenters. The number of hydrogen-bond acceptors (Lipinski definition) is 2. The van der Waals surface area contributed by atoms with Gasteiger partial charge in [0.25, 0.3) is 5.91 Å². The van der Waals surface area contributed by atoms with Crippen molar-refractivity contribution in [2.75, 3.05) is 7.05 Å². The van der Waals surface area contributed by atoms with Crippen molar-refractivity contribution in [2.24, 2.45) is 0 Å². The molecule has 0 heterocycles. The van der Waals surface area contributed by atoms with Crippen LogP contribution in [0.4, 0.5) is 0 Å². The third kappa shape index (κ3) is 3.19. The lowest BCUT2D eigenvalue weighted by Gasteiger charge is -2.26. The van der Waals surface area contributed by atoms with Gasteiger partial charge in [-0.15, -0.1) is 0 Å². The van der Waals surface area contributed by atoms with E-state index in [0.717, 1.165) is 5.56 Å². The second kappa shape index (κ2) is 6.19. The summed E-state index contributed by atoms with van der Waals surface area (Å²) < 4.78 is 0. The van der Waals surface area contributed by atoms with E-state index in [-0.39, 0.29) is 17.7 Å². The van der Waals surface area contributed by atoms with E-state index in [4.69, 9.17) is 11.6 Å². The van der Waals surface area contributed by atoms with E-state index in [9.17, 15) is 9.90 Å². The number of carbonyl (C=O) groups excluding carboxylic acids is 1. The molecular formula is C17H18ClNO2. The Hall–Kier alpha value is -2.00. The van der Waals surface area contributed by atoms with Crippen LogP contribution in [0.15, 0.2) is 42.5 Å². The maximum atomic E-state index is 12.6. The highest BCUT2D eigenvalue weighted by Crippen LogP contribution is 2.26. The molecule has 0 aliphatic heterocycles. The van der Waals surface area contributed by atoms with Crippen molar-refractivity contribution in [1.29, 1.82) is 0 Å². The fraction of sp³-hybridized carbons (Fsp3) is 0.235. The first-order valence-electron chi connectivity index (χ1n) is 6.73. The van der Waals surface area contributed by atoms with Gasteiger partial charge >= 0.3 is 0 Å². The molecule has 4 heteroatoms. The van der Waals surface area contributed by atoms with Gasteiger partial charge in [0.05, 0.1) is 6.04 Å². The van der Waals surface area contributed by atoms with Gasteiger partial charge in [-0.3, -0.25) is 4.79 Å². The maximum absolute atomic E-state index is 12.6. The molecule has 1 N–H and O–H groups in total. The van der Waals surface area contributed by atoms with Gasteiger partial charge in [0.1, 0.15) is 5.75 Å². The van der Waals surface area contributed by atoms with E-state index in [0.29, 0.717) is 16.1 Å². The van der Waals surface area contributed by atoms with Crippen LogP contribution in [0.3, 0.4) is 0 Å². The molecule has 3 nitrogen and oxygen atoms in total. The largest absolute Gasteiger partial charge is 0.508 e. The van der Waals surface area contributed by atoms with Crippen LogP contribution in [0, 0.1) is 6.92 Å². The molecule has 0 aromatic heterocycles. The van der Waals surface area contributed by atoms with Crippen molar-refractivity contribution in [3.8, 4) is 5.75 Å². The molecule has 0 radical (unpaired) electrons. The first-order chi connectivity index (χ1) is 9.91. The van der Waals surface area contributed by atoms with E-state index in [1.54, 1.807) is 43.1 Å². The molecule has 1 amide bonds. The smallest absolute Gasteiger partial charge is 0.254 e. The highest BCUT2D eigenvalue weighted by Gasteiger charge is 2.21. The van der Waals surface area contributed by atoms with Gasteiger partial charge < -0.3 is 10.0 Å². The van der Waals surface area contributed by atoms with Crippen LogP contribution in [0.1, 0.15) is 34.5 Å². The third-order valence-corrected chi connectivity index (χ3v) is 4.00. The van der Waals surface area contributed by atoms with Gasteiger partial charge in [-0.2, -0.15) is 0 Å². The minimum Gasteiger partial charge on any atom is -0.508 e. The van der Waals surface area contributed by atoms with Crippen LogP contribution in [-0.4, -0.2) is 23.0 Å². The number of aromatic hydroxyl groups is 1. The number of benzene rings is 2. The number of hydrogen-bond donors (Lipinski definition) is 1. The van der Waals surface area contributed by atoms with Gasteiger partial charge in [0.15, 0.2) is 0 Å². The molecule has 2 aromatic rings. The molecule has 0 spiro atoms. The molecule has 110 valence electrons. The quantitative estimate of drug-likeness (QED) is 0.923. The van der Waals surface area contributed by atoms with E-state index < -0.39 is 0 Å². The van der Waals surface area contributed by atoms with E-state index in [2.05, 4.69) is 0 Å². The zero-order chi connectivity index (χ0) is 15.6. The van der Waals surface area contributed by atoms with Crippen LogP contribution in [-0.2, 0) is 0 Å². The number of nitrogens with zero attached hydrogens (tertiary/aromatic N) is 1. The molecule has 1 atom stereocenters. The summed E-state index contributed by atoms with van der Waals surface area (Å²) in [7, 11) is 1.75. The van der Waals surface area contributed by atoms with Gasteiger partial charge in [-0.25, -0.2) is 0 Å². The Morgan fingerprint density at radius 3 is 2.57 bits per heavy atom. The van der Waals surface area contributed by atoms with Gasteiger partial charge in [-0.1, -0.05) is 29.8 Å². The van der Waals surface area contributed by atoms with Crippen molar-refractivity contribution in [3.63, 3.8) is 0 Å². The lowest BCUT2D eigenvalue weighted by atomic mass is 10.0. The SMILES string of the molecule is Cc1c(O)cccc1C(=O)N(C)C(C)c1cccc(Cl)c1. The summed E-state index contributed by atoms with van der Waals surface area (Å²) in [6.07, 6.45) is 0. The normalized spacial score (nSPS) is 12.0. The molecule has 21 heavy (non-hydrogen) atoms. The Morgan fingerprint density at radius 2 is 1.90 bits per heavy atom. The van der Waals surface area contributed by atoms with Crippen LogP contribution in [0.5, 0.6) is 5.75 Å². The summed E-state index contributed by atoms with van der Waals surface area (Å²) in [5.41, 5.74) is 2.06. The topological polar surface area (TPSA) is 40.5 Å². The van der Waals surface area contributed by atoms with Crippen LogP contribution >= 0.6 is 11.6 Å². The number of phenols is 1. The summed E-state index contributed by atoms with van der Waals surface area (Å²) >= 11 is 6.00. The summed E-state index contributed by atoms with van der Waals surface area (Å²) in [6.45, 7) is 3.68. The number of halogens is 1. The van der Waals surface area contributed by atoms with Crippen molar-refractivity contribution in [2.45, 2.75) is 19.9 Å². The minimum absolute atomic E-state index is 0.113. The Kier molecular flexibility index (Phi) is 4.53. The van der Waals surface area contributed by atoms with Crippen LogP contribution < -0.4 is 0 Å². The minimum atomic E-state index is -0.129. The summed E-state index contributed by atoms with van der Waals surface area (Å²) in [6, 6.07) is 12.3. The summed E-state index contributed by atoms with van der Waals surface area (Å²) in [5.74, 6) is 0.000495. The summed E-state index contributed by atoms with van der Waals surface area (Å²) in [4.78, 5) is 14.2. The van der Waals surface area contributed by atoms with E-state index in [1.807, 2.05) is 25.1 Å². The second-order valence-corrected chi connectivity index (χ2v) is 5.53. The molecule has 0 fully saturated rings. The Morgan fingerprint density at radius 1 is 1.24 bits per heavy atom. The molecule has 0 saturated carbocycles. The highest BCUT2D eigenvalue weighted by molar-refractivity contribution is 6.30. The average molecular weight is 304 g/mol. The molecule has 0 bridgehead atoms. The first-order valence-corrected chi connectivity index (χ1v) is 7.11. The number of phenolic OH excluding ortho intramolecular Hbond substituents is 1. The highest BCUT2D eigenvalue weighted by atomic mass is 35.5. The van der Waals surface area contributed by atoms with Crippen molar-refractivity contribution < 1.29 is 9.90 Å². The van der Waals surface area contributed by atoms with Gasteiger partial charge in [0.2, 0.25) is 0 Å².